The number of piperidine rings is 1. The first-order valence-electron chi connectivity index (χ1n) is 6.62. The van der Waals surface area contributed by atoms with E-state index in [1.807, 2.05) is 12.1 Å². The number of nitrogens with one attached hydrogen (secondary N) is 1. The Hall–Kier alpha value is -1.29. The molecule has 0 amide bonds. The lowest BCUT2D eigenvalue weighted by Crippen LogP contribution is -3.16. The van der Waals surface area contributed by atoms with Crippen molar-refractivity contribution in [3.63, 3.8) is 0 Å². The number of esters is 1. The first-order chi connectivity index (χ1) is 8.58. The zero-order valence-electron chi connectivity index (χ0n) is 11.3. The Morgan fingerprint density at radius 1 is 1.56 bits per heavy atom. The van der Waals surface area contributed by atoms with Crippen molar-refractivity contribution in [2.75, 3.05) is 6.54 Å². The summed E-state index contributed by atoms with van der Waals surface area (Å²) >= 11 is 0. The lowest BCUT2D eigenvalue weighted by molar-refractivity contribution is -0.947. The third-order valence-corrected chi connectivity index (χ3v) is 4.07. The van der Waals surface area contributed by atoms with E-state index in [4.69, 9.17) is 9.15 Å². The highest BCUT2D eigenvalue weighted by Gasteiger charge is 2.37. The number of furan rings is 1. The number of quaternary nitrogens is 1. The van der Waals surface area contributed by atoms with Crippen molar-refractivity contribution in [1.29, 1.82) is 0 Å². The molecule has 1 unspecified atom stereocenters. The minimum Gasteiger partial charge on any atom is -0.463 e. The summed E-state index contributed by atoms with van der Waals surface area (Å²) in [4.78, 5) is 12.6. The average molecular weight is 252 g/mol. The Morgan fingerprint density at radius 2 is 2.33 bits per heavy atom. The van der Waals surface area contributed by atoms with E-state index >= 15 is 0 Å². The maximum absolute atomic E-state index is 11.1. The molecule has 4 heteroatoms. The Balaban J connectivity index is 1.95. The van der Waals surface area contributed by atoms with Gasteiger partial charge in [0.1, 0.15) is 12.6 Å². The van der Waals surface area contributed by atoms with Crippen LogP contribution in [0.1, 0.15) is 33.0 Å². The quantitative estimate of drug-likeness (QED) is 0.817. The van der Waals surface area contributed by atoms with Gasteiger partial charge in [0.05, 0.1) is 18.8 Å². The lowest BCUT2D eigenvalue weighted by Gasteiger charge is -2.38. The smallest absolute Gasteiger partial charge is 0.302 e. The van der Waals surface area contributed by atoms with E-state index in [-0.39, 0.29) is 12.1 Å². The molecule has 0 saturated carbocycles. The molecule has 1 fully saturated rings. The van der Waals surface area contributed by atoms with Gasteiger partial charge < -0.3 is 14.1 Å². The van der Waals surface area contributed by atoms with Crippen LogP contribution in [0.3, 0.4) is 0 Å². The Kier molecular flexibility index (Phi) is 4.07. The van der Waals surface area contributed by atoms with Gasteiger partial charge in [-0.15, -0.1) is 0 Å². The van der Waals surface area contributed by atoms with Crippen molar-refractivity contribution < 1.29 is 18.8 Å². The van der Waals surface area contributed by atoms with Crippen LogP contribution in [-0.4, -0.2) is 24.7 Å². The highest BCUT2D eigenvalue weighted by molar-refractivity contribution is 5.66. The second-order valence-electron chi connectivity index (χ2n) is 5.25. The molecule has 18 heavy (non-hydrogen) atoms. The zero-order valence-corrected chi connectivity index (χ0v) is 11.3. The van der Waals surface area contributed by atoms with E-state index in [2.05, 4.69) is 13.8 Å². The minimum atomic E-state index is -0.173. The van der Waals surface area contributed by atoms with Gasteiger partial charge in [-0.3, -0.25) is 4.79 Å². The fourth-order valence-corrected chi connectivity index (χ4v) is 2.78. The van der Waals surface area contributed by atoms with Gasteiger partial charge in [0.25, 0.3) is 0 Å². The maximum atomic E-state index is 11.1. The molecular formula is C14H22NO3+. The van der Waals surface area contributed by atoms with Gasteiger partial charge >= 0.3 is 5.97 Å². The second-order valence-corrected chi connectivity index (χ2v) is 5.25. The van der Waals surface area contributed by atoms with Gasteiger partial charge in [-0.1, -0.05) is 6.92 Å². The van der Waals surface area contributed by atoms with E-state index < -0.39 is 0 Å². The Bertz CT molecular complexity index is 388. The molecule has 1 N–H and O–H groups in total. The molecule has 0 spiro atoms. The monoisotopic (exact) mass is 252 g/mol. The van der Waals surface area contributed by atoms with Gasteiger partial charge in [-0.05, 0) is 19.1 Å². The van der Waals surface area contributed by atoms with Gasteiger partial charge in [0.15, 0.2) is 5.76 Å². The van der Waals surface area contributed by atoms with Gasteiger partial charge in [0.2, 0.25) is 0 Å². The highest BCUT2D eigenvalue weighted by Crippen LogP contribution is 2.17. The molecule has 0 aromatic carbocycles. The third-order valence-electron chi connectivity index (χ3n) is 4.07. The van der Waals surface area contributed by atoms with Crippen LogP contribution in [0.25, 0.3) is 0 Å². The molecule has 4 atom stereocenters. The molecule has 1 aliphatic heterocycles. The highest BCUT2D eigenvalue weighted by atomic mass is 16.5. The SMILES string of the molecule is CC(=O)O[C@@H]1CC[NH+](Cc2ccco2)[C@H](C)[C@H]1C. The van der Waals surface area contributed by atoms with Crippen LogP contribution >= 0.6 is 0 Å². The number of hydrogen-bond donors (Lipinski definition) is 1. The van der Waals surface area contributed by atoms with Gasteiger partial charge in [0, 0.05) is 19.3 Å². The van der Waals surface area contributed by atoms with Crippen LogP contribution in [0.5, 0.6) is 0 Å². The molecule has 0 aliphatic carbocycles. The van der Waals surface area contributed by atoms with Crippen molar-refractivity contribution in [3.8, 4) is 0 Å². The summed E-state index contributed by atoms with van der Waals surface area (Å²) in [6.07, 6.45) is 2.72. The molecule has 1 aliphatic rings. The zero-order chi connectivity index (χ0) is 13.1. The molecule has 0 bridgehead atoms. The molecule has 1 saturated heterocycles. The van der Waals surface area contributed by atoms with Crippen molar-refractivity contribution in [2.45, 2.75) is 45.9 Å². The molecule has 1 aromatic heterocycles. The predicted molar refractivity (Wildman–Crippen MR) is 67.0 cm³/mol. The van der Waals surface area contributed by atoms with E-state index in [9.17, 15) is 4.79 Å². The number of hydrogen-bond acceptors (Lipinski definition) is 3. The van der Waals surface area contributed by atoms with Crippen LogP contribution in [0.2, 0.25) is 0 Å². The number of ether oxygens (including phenoxy) is 1. The molecule has 100 valence electrons. The van der Waals surface area contributed by atoms with Crippen molar-refractivity contribution in [2.24, 2.45) is 5.92 Å². The van der Waals surface area contributed by atoms with Crippen LogP contribution in [0.4, 0.5) is 0 Å². The van der Waals surface area contributed by atoms with Crippen LogP contribution in [0, 0.1) is 5.92 Å². The summed E-state index contributed by atoms with van der Waals surface area (Å²) in [5.41, 5.74) is 0. The topological polar surface area (TPSA) is 43.9 Å². The van der Waals surface area contributed by atoms with E-state index in [0.29, 0.717) is 12.0 Å². The number of rotatable bonds is 3. The second kappa shape index (κ2) is 5.57. The molecular weight excluding hydrogens is 230 g/mol. The van der Waals surface area contributed by atoms with Crippen LogP contribution in [0.15, 0.2) is 22.8 Å². The van der Waals surface area contributed by atoms with E-state index in [1.165, 1.54) is 11.8 Å². The van der Waals surface area contributed by atoms with Crippen LogP contribution < -0.4 is 4.90 Å². The predicted octanol–water partition coefficient (Wildman–Crippen LogP) is 1.02. The molecule has 0 radical (unpaired) electrons. The fourth-order valence-electron chi connectivity index (χ4n) is 2.78. The lowest BCUT2D eigenvalue weighted by atomic mass is 9.89. The number of likely N-dealkylation sites (tertiary alicyclic amines) is 1. The number of carbonyl (C=O) groups excluding carboxylic acids is 1. The maximum Gasteiger partial charge on any atom is 0.302 e. The van der Waals surface area contributed by atoms with Crippen molar-refractivity contribution in [1.82, 2.24) is 0 Å². The summed E-state index contributed by atoms with van der Waals surface area (Å²) < 4.78 is 10.8. The summed E-state index contributed by atoms with van der Waals surface area (Å²) in [7, 11) is 0. The Labute approximate surface area is 108 Å². The fraction of sp³-hybridized carbons (Fsp3) is 0.643. The largest absolute Gasteiger partial charge is 0.463 e. The standard InChI is InChI=1S/C14H21NO3/c1-10-11(2)15(9-13-5-4-8-17-13)7-6-14(10)18-12(3)16/h4-5,8,10-11,14H,6-7,9H2,1-3H3/p+1/t10-,11-,14-/m1/s1. The minimum absolute atomic E-state index is 0.0675. The summed E-state index contributed by atoms with van der Waals surface area (Å²) in [5, 5.41) is 0. The molecule has 1 aromatic rings. The summed E-state index contributed by atoms with van der Waals surface area (Å²) in [5.74, 6) is 1.23. The molecule has 4 nitrogen and oxygen atoms in total. The van der Waals surface area contributed by atoms with Crippen LogP contribution in [-0.2, 0) is 16.1 Å². The van der Waals surface area contributed by atoms with E-state index in [1.54, 1.807) is 6.26 Å². The van der Waals surface area contributed by atoms with Crippen molar-refractivity contribution in [3.05, 3.63) is 24.2 Å². The molecule has 2 heterocycles. The summed E-state index contributed by atoms with van der Waals surface area (Å²) in [6.45, 7) is 7.80. The van der Waals surface area contributed by atoms with Gasteiger partial charge in [-0.2, -0.15) is 0 Å². The Morgan fingerprint density at radius 3 is 2.94 bits per heavy atom. The average Bonchev–Trinajstić information content (AvgIpc) is 2.81. The van der Waals surface area contributed by atoms with Gasteiger partial charge in [-0.25, -0.2) is 0 Å². The summed E-state index contributed by atoms with van der Waals surface area (Å²) in [6, 6.07) is 4.41. The first-order valence-corrected chi connectivity index (χ1v) is 6.62. The first kappa shape index (κ1) is 13.1. The molecule has 2 rings (SSSR count). The third kappa shape index (κ3) is 2.93. The normalized spacial score (nSPS) is 32.2. The van der Waals surface area contributed by atoms with E-state index in [0.717, 1.165) is 25.3 Å². The number of carbonyl (C=O) groups is 1. The van der Waals surface area contributed by atoms with Crippen molar-refractivity contribution >= 4 is 5.97 Å².